The van der Waals surface area contributed by atoms with Gasteiger partial charge in [-0.3, -0.25) is 0 Å². The van der Waals surface area contributed by atoms with Crippen molar-refractivity contribution in [1.29, 1.82) is 0 Å². The largest absolute Gasteiger partial charge is 0.459 e. The number of hydrogen-bond donors (Lipinski definition) is 0. The van der Waals surface area contributed by atoms with Crippen LogP contribution in [0.25, 0.3) is 0 Å². The smallest absolute Gasteiger partial charge is 0.355 e. The zero-order valence-corrected chi connectivity index (χ0v) is 17.5. The summed E-state index contributed by atoms with van der Waals surface area (Å²) < 4.78 is 11.5. The van der Waals surface area contributed by atoms with Gasteiger partial charge in [0.15, 0.2) is 8.32 Å². The predicted octanol–water partition coefficient (Wildman–Crippen LogP) is 4.28. The molecule has 0 unspecified atom stereocenters. The Morgan fingerprint density at radius 1 is 1.39 bits per heavy atom. The van der Waals surface area contributed by atoms with Gasteiger partial charge in [0.1, 0.15) is 12.3 Å². The molecule has 2 rings (SSSR count). The lowest BCUT2D eigenvalue weighted by atomic mass is 10.1. The molecule has 0 spiro atoms. The van der Waals surface area contributed by atoms with Gasteiger partial charge in [0.25, 0.3) is 0 Å². The lowest BCUT2D eigenvalue weighted by Crippen LogP contribution is -2.47. The van der Waals surface area contributed by atoms with Gasteiger partial charge in [-0.25, -0.2) is 4.79 Å². The molecule has 0 bridgehead atoms. The Morgan fingerprint density at radius 3 is 2.57 bits per heavy atom. The van der Waals surface area contributed by atoms with Crippen LogP contribution in [0.4, 0.5) is 0 Å². The predicted molar refractivity (Wildman–Crippen MR) is 102 cm³/mol. The fraction of sp³-hybridized carbons (Fsp3) is 0.750. The molecule has 0 aromatic rings. The van der Waals surface area contributed by atoms with Crippen molar-refractivity contribution in [2.45, 2.75) is 64.0 Å². The van der Waals surface area contributed by atoms with Gasteiger partial charge in [0.05, 0.1) is 17.0 Å². The summed E-state index contributed by atoms with van der Waals surface area (Å²) in [5.41, 5.74) is 0.658. The van der Waals surface area contributed by atoms with Crippen molar-refractivity contribution < 1.29 is 14.0 Å². The Hall–Kier alpha value is -0.373. The average molecular weight is 374 g/mol. The monoisotopic (exact) mass is 373 g/mol. The van der Waals surface area contributed by atoms with Gasteiger partial charge in [0, 0.05) is 11.3 Å². The summed E-state index contributed by atoms with van der Waals surface area (Å²) >= 11 is 7.04. The van der Waals surface area contributed by atoms with Crippen LogP contribution in [-0.4, -0.2) is 42.8 Å². The summed E-state index contributed by atoms with van der Waals surface area (Å²) in [6.07, 6.45) is 1.72. The summed E-state index contributed by atoms with van der Waals surface area (Å²) in [6, 6.07) is 0. The van der Waals surface area contributed by atoms with E-state index in [0.717, 1.165) is 22.7 Å². The summed E-state index contributed by atoms with van der Waals surface area (Å²) in [5.74, 6) is -0.266. The van der Waals surface area contributed by atoms with E-state index in [1.807, 2.05) is 4.90 Å². The SMILES string of the molecule is CCC1=C(C(=O)OCCO[Si](C)(C)C(C)(C)C)N2C(=S)C[C@@H]2S1. The van der Waals surface area contributed by atoms with E-state index in [1.165, 1.54) is 0 Å². The van der Waals surface area contributed by atoms with Crippen molar-refractivity contribution in [2.24, 2.45) is 0 Å². The molecule has 130 valence electrons. The van der Waals surface area contributed by atoms with Crippen LogP contribution in [0.3, 0.4) is 0 Å². The fourth-order valence-electron chi connectivity index (χ4n) is 2.28. The molecule has 23 heavy (non-hydrogen) atoms. The van der Waals surface area contributed by atoms with E-state index < -0.39 is 8.32 Å². The average Bonchev–Trinajstić information content (AvgIpc) is 2.74. The molecule has 2 aliphatic heterocycles. The van der Waals surface area contributed by atoms with Crippen LogP contribution in [0.15, 0.2) is 10.6 Å². The standard InChI is InChI=1S/C16H27NO3S2Si/c1-7-11-14(17-12(21)10-13(17)22-11)15(18)19-8-9-20-23(5,6)16(2,3)4/h13H,7-10H2,1-6H3/t13-/m0/s1. The number of thioether (sulfide) groups is 1. The van der Waals surface area contributed by atoms with Crippen molar-refractivity contribution in [3.8, 4) is 0 Å². The number of ether oxygens (including phenoxy) is 1. The van der Waals surface area contributed by atoms with Gasteiger partial charge >= 0.3 is 5.97 Å². The van der Waals surface area contributed by atoms with Crippen molar-refractivity contribution in [3.63, 3.8) is 0 Å². The third-order valence-corrected chi connectivity index (χ3v) is 11.1. The maximum absolute atomic E-state index is 12.4. The molecule has 7 heteroatoms. The Labute approximate surface area is 150 Å². The molecular weight excluding hydrogens is 346 g/mol. The Bertz CT molecular complexity index is 540. The van der Waals surface area contributed by atoms with E-state index in [0.29, 0.717) is 24.3 Å². The molecule has 0 radical (unpaired) electrons. The van der Waals surface area contributed by atoms with Gasteiger partial charge in [-0.15, -0.1) is 11.8 Å². The first-order valence-electron chi connectivity index (χ1n) is 8.11. The minimum Gasteiger partial charge on any atom is -0.459 e. The quantitative estimate of drug-likeness (QED) is 0.299. The highest BCUT2D eigenvalue weighted by atomic mass is 32.2. The molecule has 1 saturated heterocycles. The molecule has 0 aromatic carbocycles. The van der Waals surface area contributed by atoms with Crippen LogP contribution < -0.4 is 0 Å². The maximum atomic E-state index is 12.4. The molecule has 0 N–H and O–H groups in total. The number of hydrogen-bond acceptors (Lipinski definition) is 5. The van der Waals surface area contributed by atoms with Crippen molar-refractivity contribution in [2.75, 3.05) is 13.2 Å². The van der Waals surface area contributed by atoms with Gasteiger partial charge < -0.3 is 14.1 Å². The zero-order chi connectivity index (χ0) is 17.4. The second kappa shape index (κ2) is 6.86. The molecule has 0 saturated carbocycles. The normalized spacial score (nSPS) is 21.4. The first-order valence-corrected chi connectivity index (χ1v) is 12.3. The molecule has 0 aromatic heterocycles. The summed E-state index contributed by atoms with van der Waals surface area (Å²) in [4.78, 5) is 16.3. The van der Waals surface area contributed by atoms with Crippen LogP contribution in [0.2, 0.25) is 18.1 Å². The van der Waals surface area contributed by atoms with Gasteiger partial charge in [-0.2, -0.15) is 0 Å². The minimum atomic E-state index is -1.79. The molecule has 2 aliphatic rings. The molecule has 4 nitrogen and oxygen atoms in total. The number of carbonyl (C=O) groups excluding carboxylic acids is 1. The van der Waals surface area contributed by atoms with Gasteiger partial charge in [-0.1, -0.05) is 39.9 Å². The lowest BCUT2D eigenvalue weighted by Gasteiger charge is -2.37. The summed E-state index contributed by atoms with van der Waals surface area (Å²) in [7, 11) is -1.79. The minimum absolute atomic E-state index is 0.161. The van der Waals surface area contributed by atoms with Crippen LogP contribution in [0.5, 0.6) is 0 Å². The third kappa shape index (κ3) is 3.83. The van der Waals surface area contributed by atoms with Crippen LogP contribution >= 0.6 is 24.0 Å². The maximum Gasteiger partial charge on any atom is 0.355 e. The second-order valence-electron chi connectivity index (χ2n) is 7.41. The molecule has 1 fully saturated rings. The summed E-state index contributed by atoms with van der Waals surface area (Å²) in [6.45, 7) is 13.8. The highest BCUT2D eigenvalue weighted by molar-refractivity contribution is 8.04. The highest BCUT2D eigenvalue weighted by Gasteiger charge is 2.45. The molecule has 1 atom stereocenters. The summed E-state index contributed by atoms with van der Waals surface area (Å²) in [5, 5.41) is 0.470. The van der Waals surface area contributed by atoms with E-state index in [9.17, 15) is 4.79 Å². The Balaban J connectivity index is 1.87. The van der Waals surface area contributed by atoms with E-state index >= 15 is 0 Å². The first kappa shape index (κ1) is 19.0. The van der Waals surface area contributed by atoms with Gasteiger partial charge in [-0.05, 0) is 24.6 Å². The van der Waals surface area contributed by atoms with Crippen LogP contribution in [-0.2, 0) is 14.0 Å². The van der Waals surface area contributed by atoms with Gasteiger partial charge in [0.2, 0.25) is 0 Å². The zero-order valence-electron chi connectivity index (χ0n) is 14.9. The number of rotatable bonds is 6. The van der Waals surface area contributed by atoms with Crippen molar-refractivity contribution in [3.05, 3.63) is 10.6 Å². The fourth-order valence-corrected chi connectivity index (χ4v) is 5.23. The number of nitrogens with zero attached hydrogens (tertiary/aromatic N) is 1. The topological polar surface area (TPSA) is 38.8 Å². The number of esters is 1. The third-order valence-electron chi connectivity index (χ3n) is 4.79. The first-order chi connectivity index (χ1) is 10.6. The van der Waals surface area contributed by atoms with Crippen LogP contribution in [0.1, 0.15) is 40.5 Å². The Kier molecular flexibility index (Phi) is 5.65. The molecule has 0 aliphatic carbocycles. The van der Waals surface area contributed by atoms with Crippen LogP contribution in [0, 0.1) is 0 Å². The number of carbonyl (C=O) groups is 1. The Morgan fingerprint density at radius 2 is 2.04 bits per heavy atom. The molecule has 2 heterocycles. The molecular formula is C16H27NO3S2Si. The number of fused-ring (bicyclic) bond motifs is 1. The number of thiocarbonyl (C=S) groups is 1. The van der Waals surface area contributed by atoms with E-state index in [4.69, 9.17) is 21.4 Å². The highest BCUT2D eigenvalue weighted by Crippen LogP contribution is 2.48. The second-order valence-corrected chi connectivity index (χ2v) is 14.0. The van der Waals surface area contributed by atoms with Crippen molar-refractivity contribution in [1.82, 2.24) is 4.90 Å². The van der Waals surface area contributed by atoms with E-state index in [1.54, 1.807) is 11.8 Å². The number of allylic oxidation sites excluding steroid dienone is 1. The lowest BCUT2D eigenvalue weighted by molar-refractivity contribution is -0.141. The molecule has 0 amide bonds. The van der Waals surface area contributed by atoms with E-state index in [2.05, 4.69) is 40.8 Å². The van der Waals surface area contributed by atoms with Crippen molar-refractivity contribution >= 4 is 43.3 Å². The van der Waals surface area contributed by atoms with E-state index in [-0.39, 0.29) is 11.0 Å².